The van der Waals surface area contributed by atoms with E-state index in [9.17, 15) is 4.79 Å². The van der Waals surface area contributed by atoms with E-state index in [1.807, 2.05) is 12.1 Å². The van der Waals surface area contributed by atoms with Crippen LogP contribution in [0.25, 0.3) is 0 Å². The fraction of sp³-hybridized carbons (Fsp3) is 0.611. The van der Waals surface area contributed by atoms with Crippen LogP contribution in [-0.4, -0.2) is 5.78 Å². The Balaban J connectivity index is 1.79. The third-order valence-electron chi connectivity index (χ3n) is 5.55. The van der Waals surface area contributed by atoms with Crippen LogP contribution in [0.4, 0.5) is 0 Å². The van der Waals surface area contributed by atoms with Crippen LogP contribution in [0.1, 0.15) is 55.5 Å². The third-order valence-corrected chi connectivity index (χ3v) is 5.55. The zero-order chi connectivity index (χ0) is 13.4. The van der Waals surface area contributed by atoms with Gasteiger partial charge in [-0.1, -0.05) is 44.5 Å². The first-order chi connectivity index (χ1) is 9.16. The molecule has 2 aliphatic rings. The highest BCUT2D eigenvalue weighted by Gasteiger charge is 2.36. The van der Waals surface area contributed by atoms with Crippen LogP contribution in [0.2, 0.25) is 0 Å². The quantitative estimate of drug-likeness (QED) is 0.723. The lowest BCUT2D eigenvalue weighted by Gasteiger charge is -2.37. The van der Waals surface area contributed by atoms with Gasteiger partial charge in [0.1, 0.15) is 0 Å². The fourth-order valence-electron chi connectivity index (χ4n) is 4.02. The summed E-state index contributed by atoms with van der Waals surface area (Å²) in [5.74, 6) is 2.97. The first-order valence-electron chi connectivity index (χ1n) is 7.79. The highest BCUT2D eigenvalue weighted by atomic mass is 16.1. The maximum atomic E-state index is 12.7. The standard InChI is InChI=1S/C18H24O/c1-12-7-8-15(11-13(12)2)17-10-9-14-5-3-4-6-16(14)18(17)19/h3-6,12-13,15,17H,7-11H2,1-2H3. The van der Waals surface area contributed by atoms with Gasteiger partial charge in [-0.05, 0) is 49.0 Å². The molecule has 0 amide bonds. The molecule has 4 atom stereocenters. The number of benzene rings is 1. The van der Waals surface area contributed by atoms with Crippen LogP contribution in [0.15, 0.2) is 24.3 Å². The molecule has 1 aromatic carbocycles. The fourth-order valence-corrected chi connectivity index (χ4v) is 4.02. The van der Waals surface area contributed by atoms with Crippen LogP contribution in [0, 0.1) is 23.7 Å². The zero-order valence-electron chi connectivity index (χ0n) is 12.1. The lowest BCUT2D eigenvalue weighted by Crippen LogP contribution is -2.33. The Kier molecular flexibility index (Phi) is 3.47. The van der Waals surface area contributed by atoms with E-state index in [0.717, 1.165) is 30.2 Å². The van der Waals surface area contributed by atoms with Crippen molar-refractivity contribution in [1.29, 1.82) is 0 Å². The average Bonchev–Trinajstić information content (AvgIpc) is 2.43. The van der Waals surface area contributed by atoms with Gasteiger partial charge in [-0.15, -0.1) is 0 Å². The number of carbonyl (C=O) groups is 1. The van der Waals surface area contributed by atoms with Gasteiger partial charge < -0.3 is 0 Å². The van der Waals surface area contributed by atoms with Gasteiger partial charge in [-0.3, -0.25) is 4.79 Å². The van der Waals surface area contributed by atoms with Gasteiger partial charge in [-0.25, -0.2) is 0 Å². The molecule has 2 aliphatic carbocycles. The van der Waals surface area contributed by atoms with Gasteiger partial charge in [0.25, 0.3) is 0 Å². The molecule has 0 radical (unpaired) electrons. The van der Waals surface area contributed by atoms with Gasteiger partial charge in [0.15, 0.2) is 5.78 Å². The monoisotopic (exact) mass is 256 g/mol. The second-order valence-corrected chi connectivity index (χ2v) is 6.69. The van der Waals surface area contributed by atoms with Crippen LogP contribution in [0.3, 0.4) is 0 Å². The molecule has 1 heteroatoms. The van der Waals surface area contributed by atoms with E-state index in [4.69, 9.17) is 0 Å². The van der Waals surface area contributed by atoms with Crippen molar-refractivity contribution in [3.63, 3.8) is 0 Å². The topological polar surface area (TPSA) is 17.1 Å². The lowest BCUT2D eigenvalue weighted by atomic mass is 9.66. The van der Waals surface area contributed by atoms with Crippen molar-refractivity contribution < 1.29 is 4.79 Å². The second-order valence-electron chi connectivity index (χ2n) is 6.69. The highest BCUT2D eigenvalue weighted by molar-refractivity contribution is 6.00. The lowest BCUT2D eigenvalue weighted by molar-refractivity contribution is 0.0763. The van der Waals surface area contributed by atoms with Crippen molar-refractivity contribution in [1.82, 2.24) is 0 Å². The molecule has 102 valence electrons. The molecule has 0 N–H and O–H groups in total. The first kappa shape index (κ1) is 12.9. The molecule has 0 saturated heterocycles. The molecule has 0 aliphatic heterocycles. The number of ketones is 1. The molecule has 0 spiro atoms. The zero-order valence-corrected chi connectivity index (χ0v) is 12.1. The predicted octanol–water partition coefficient (Wildman–Crippen LogP) is 4.50. The van der Waals surface area contributed by atoms with Crippen molar-refractivity contribution >= 4 is 5.78 Å². The molecular weight excluding hydrogens is 232 g/mol. The van der Waals surface area contributed by atoms with E-state index >= 15 is 0 Å². The summed E-state index contributed by atoms with van der Waals surface area (Å²) in [4.78, 5) is 12.7. The van der Waals surface area contributed by atoms with Crippen molar-refractivity contribution in [3.05, 3.63) is 35.4 Å². The molecule has 0 bridgehead atoms. The number of aryl methyl sites for hydroxylation is 1. The van der Waals surface area contributed by atoms with Crippen LogP contribution in [-0.2, 0) is 6.42 Å². The molecule has 1 nitrogen and oxygen atoms in total. The SMILES string of the molecule is CC1CCC(C2CCc3ccccc3C2=O)CC1C. The van der Waals surface area contributed by atoms with E-state index < -0.39 is 0 Å². The number of hydrogen-bond acceptors (Lipinski definition) is 1. The summed E-state index contributed by atoms with van der Waals surface area (Å²) in [5, 5.41) is 0. The van der Waals surface area contributed by atoms with E-state index in [0.29, 0.717) is 17.6 Å². The minimum atomic E-state index is 0.296. The molecule has 3 rings (SSSR count). The van der Waals surface area contributed by atoms with Crippen LogP contribution >= 0.6 is 0 Å². The van der Waals surface area contributed by atoms with E-state index in [1.165, 1.54) is 24.8 Å². The highest BCUT2D eigenvalue weighted by Crippen LogP contribution is 2.41. The van der Waals surface area contributed by atoms with Crippen molar-refractivity contribution in [2.75, 3.05) is 0 Å². The molecular formula is C18H24O. The maximum Gasteiger partial charge on any atom is 0.166 e. The largest absolute Gasteiger partial charge is 0.294 e. The number of Topliss-reactive ketones (excluding diaryl/α,β-unsaturated/α-hetero) is 1. The molecule has 0 heterocycles. The van der Waals surface area contributed by atoms with Crippen LogP contribution in [0.5, 0.6) is 0 Å². The van der Waals surface area contributed by atoms with Crippen molar-refractivity contribution in [2.24, 2.45) is 23.7 Å². The molecule has 1 saturated carbocycles. The minimum Gasteiger partial charge on any atom is -0.294 e. The third kappa shape index (κ3) is 2.35. The summed E-state index contributed by atoms with van der Waals surface area (Å²) in [6, 6.07) is 8.20. The predicted molar refractivity (Wildman–Crippen MR) is 78.3 cm³/mol. The van der Waals surface area contributed by atoms with Crippen molar-refractivity contribution in [2.45, 2.75) is 46.0 Å². The van der Waals surface area contributed by atoms with E-state index in [-0.39, 0.29) is 0 Å². The van der Waals surface area contributed by atoms with E-state index in [2.05, 4.69) is 26.0 Å². The molecule has 1 fully saturated rings. The van der Waals surface area contributed by atoms with Gasteiger partial charge in [-0.2, -0.15) is 0 Å². The van der Waals surface area contributed by atoms with Gasteiger partial charge >= 0.3 is 0 Å². The van der Waals surface area contributed by atoms with Gasteiger partial charge in [0.05, 0.1) is 0 Å². The Bertz CT molecular complexity index is 476. The summed E-state index contributed by atoms with van der Waals surface area (Å²) in [6.45, 7) is 4.72. The Morgan fingerprint density at radius 2 is 1.79 bits per heavy atom. The number of fused-ring (bicyclic) bond motifs is 1. The Morgan fingerprint density at radius 3 is 2.58 bits per heavy atom. The molecule has 0 aromatic heterocycles. The van der Waals surface area contributed by atoms with Crippen molar-refractivity contribution in [3.8, 4) is 0 Å². The molecule has 1 aromatic rings. The number of carbonyl (C=O) groups excluding carboxylic acids is 1. The minimum absolute atomic E-state index is 0.296. The summed E-state index contributed by atoms with van der Waals surface area (Å²) in [5.41, 5.74) is 2.27. The number of hydrogen-bond donors (Lipinski definition) is 0. The average molecular weight is 256 g/mol. The Hall–Kier alpha value is -1.11. The van der Waals surface area contributed by atoms with Gasteiger partial charge in [0, 0.05) is 11.5 Å². The smallest absolute Gasteiger partial charge is 0.166 e. The normalized spacial score (nSPS) is 34.9. The summed E-state index contributed by atoms with van der Waals surface area (Å²) in [6.07, 6.45) is 5.97. The Morgan fingerprint density at radius 1 is 1.00 bits per heavy atom. The molecule has 4 unspecified atom stereocenters. The summed E-state index contributed by atoms with van der Waals surface area (Å²) < 4.78 is 0. The maximum absolute atomic E-state index is 12.7. The van der Waals surface area contributed by atoms with E-state index in [1.54, 1.807) is 0 Å². The first-order valence-corrected chi connectivity index (χ1v) is 7.79. The number of rotatable bonds is 1. The molecule has 19 heavy (non-hydrogen) atoms. The summed E-state index contributed by atoms with van der Waals surface area (Å²) >= 11 is 0. The van der Waals surface area contributed by atoms with Crippen LogP contribution < -0.4 is 0 Å². The Labute approximate surface area is 116 Å². The second kappa shape index (κ2) is 5.11. The summed E-state index contributed by atoms with van der Waals surface area (Å²) in [7, 11) is 0. The van der Waals surface area contributed by atoms with Gasteiger partial charge in [0.2, 0.25) is 0 Å².